The third-order valence-electron chi connectivity index (χ3n) is 3.25. The molecule has 0 radical (unpaired) electrons. The fraction of sp³-hybridized carbons (Fsp3) is 0.417. The largest absolute Gasteiger partial charge is 0.506 e. The van der Waals surface area contributed by atoms with Crippen molar-refractivity contribution in [3.8, 4) is 5.75 Å². The first-order valence-corrected chi connectivity index (χ1v) is 5.82. The van der Waals surface area contributed by atoms with Gasteiger partial charge in [-0.05, 0) is 19.1 Å². The number of carboxylic acid groups (broad SMARTS) is 1. The van der Waals surface area contributed by atoms with E-state index in [1.807, 2.05) is 17.9 Å². The molecule has 2 rings (SSSR count). The van der Waals surface area contributed by atoms with Crippen molar-refractivity contribution in [2.45, 2.75) is 13.0 Å². The van der Waals surface area contributed by atoms with Crippen molar-refractivity contribution in [3.05, 3.63) is 18.2 Å². The quantitative estimate of drug-likeness (QED) is 0.515. The zero-order valence-electron chi connectivity index (χ0n) is 10.2. The summed E-state index contributed by atoms with van der Waals surface area (Å²) < 4.78 is 0. The third kappa shape index (κ3) is 2.27. The lowest BCUT2D eigenvalue weighted by Gasteiger charge is -2.39. The van der Waals surface area contributed by atoms with Crippen molar-refractivity contribution in [3.63, 3.8) is 0 Å². The fourth-order valence-corrected chi connectivity index (χ4v) is 2.21. The topological polar surface area (TPSA) is 90.0 Å². The number of amides is 1. The van der Waals surface area contributed by atoms with Gasteiger partial charge in [-0.2, -0.15) is 0 Å². The Morgan fingerprint density at radius 3 is 2.72 bits per heavy atom. The molecule has 6 heteroatoms. The number of nitrogens with zero attached hydrogens (tertiary/aromatic N) is 2. The number of anilines is 2. The van der Waals surface area contributed by atoms with Gasteiger partial charge in [0, 0.05) is 37.4 Å². The minimum Gasteiger partial charge on any atom is -0.506 e. The monoisotopic (exact) mass is 251 g/mol. The van der Waals surface area contributed by atoms with Gasteiger partial charge >= 0.3 is 6.09 Å². The second kappa shape index (κ2) is 4.64. The summed E-state index contributed by atoms with van der Waals surface area (Å²) in [6.07, 6.45) is -0.887. The van der Waals surface area contributed by atoms with Crippen molar-refractivity contribution in [2.24, 2.45) is 0 Å². The minimum absolute atomic E-state index is 0.0563. The van der Waals surface area contributed by atoms with E-state index in [9.17, 15) is 9.90 Å². The summed E-state index contributed by atoms with van der Waals surface area (Å²) in [6.45, 7) is 3.55. The van der Waals surface area contributed by atoms with Gasteiger partial charge in [-0.3, -0.25) is 0 Å². The van der Waals surface area contributed by atoms with Gasteiger partial charge in [0.25, 0.3) is 0 Å². The van der Waals surface area contributed by atoms with E-state index in [1.54, 1.807) is 12.1 Å². The van der Waals surface area contributed by atoms with Gasteiger partial charge in [-0.25, -0.2) is 4.79 Å². The minimum atomic E-state index is -0.887. The van der Waals surface area contributed by atoms with E-state index in [1.165, 1.54) is 4.90 Å². The number of benzene rings is 1. The molecule has 0 aromatic heterocycles. The van der Waals surface area contributed by atoms with E-state index in [2.05, 4.69) is 0 Å². The van der Waals surface area contributed by atoms with Gasteiger partial charge in [0.05, 0.1) is 5.69 Å². The number of phenolic OH excluding ortho intramolecular Hbond substituents is 1. The fourth-order valence-electron chi connectivity index (χ4n) is 2.21. The number of hydrogen-bond acceptors (Lipinski definition) is 4. The molecule has 0 bridgehead atoms. The van der Waals surface area contributed by atoms with Crippen LogP contribution in [0.5, 0.6) is 5.75 Å². The third-order valence-corrected chi connectivity index (χ3v) is 3.25. The molecule has 1 atom stereocenters. The van der Waals surface area contributed by atoms with Crippen LogP contribution in [0.2, 0.25) is 0 Å². The molecule has 1 saturated heterocycles. The SMILES string of the molecule is C[C@H]1CN(c2ccc(N)c(O)c2)CCN1C(=O)O. The molecule has 98 valence electrons. The maximum atomic E-state index is 11.0. The van der Waals surface area contributed by atoms with Gasteiger partial charge in [-0.15, -0.1) is 0 Å². The van der Waals surface area contributed by atoms with Crippen LogP contribution in [0.3, 0.4) is 0 Å². The lowest BCUT2D eigenvalue weighted by Crippen LogP contribution is -2.53. The Morgan fingerprint density at radius 2 is 2.17 bits per heavy atom. The number of piperazine rings is 1. The van der Waals surface area contributed by atoms with Crippen molar-refractivity contribution < 1.29 is 15.0 Å². The highest BCUT2D eigenvalue weighted by atomic mass is 16.4. The Morgan fingerprint density at radius 1 is 1.44 bits per heavy atom. The number of nitrogen functional groups attached to an aromatic ring is 1. The molecule has 4 N–H and O–H groups in total. The summed E-state index contributed by atoms with van der Waals surface area (Å²) in [5, 5.41) is 18.6. The van der Waals surface area contributed by atoms with Crippen LogP contribution in [0.1, 0.15) is 6.92 Å². The first-order valence-electron chi connectivity index (χ1n) is 5.82. The summed E-state index contributed by atoms with van der Waals surface area (Å²) in [4.78, 5) is 14.4. The van der Waals surface area contributed by atoms with Gasteiger partial charge < -0.3 is 25.7 Å². The summed E-state index contributed by atoms with van der Waals surface area (Å²) in [5.74, 6) is 0.0563. The molecule has 1 fully saturated rings. The molecule has 6 nitrogen and oxygen atoms in total. The smallest absolute Gasteiger partial charge is 0.407 e. The molecular formula is C12H17N3O3. The van der Waals surface area contributed by atoms with Gasteiger partial charge in [0.1, 0.15) is 5.75 Å². The van der Waals surface area contributed by atoms with Crippen LogP contribution >= 0.6 is 0 Å². The van der Waals surface area contributed by atoms with Crippen molar-refractivity contribution >= 4 is 17.5 Å². The predicted octanol–water partition coefficient (Wildman–Crippen LogP) is 1.16. The van der Waals surface area contributed by atoms with Gasteiger partial charge in [0.15, 0.2) is 0 Å². The predicted molar refractivity (Wildman–Crippen MR) is 68.9 cm³/mol. The highest BCUT2D eigenvalue weighted by Crippen LogP contribution is 2.27. The van der Waals surface area contributed by atoms with Crippen LogP contribution < -0.4 is 10.6 Å². The number of hydrogen-bond donors (Lipinski definition) is 3. The maximum absolute atomic E-state index is 11.0. The lowest BCUT2D eigenvalue weighted by atomic mass is 10.1. The van der Waals surface area contributed by atoms with Crippen molar-refractivity contribution in [1.29, 1.82) is 0 Å². The van der Waals surface area contributed by atoms with Crippen LogP contribution in [0.15, 0.2) is 18.2 Å². The van der Waals surface area contributed by atoms with Crippen molar-refractivity contribution in [1.82, 2.24) is 4.90 Å². The normalized spacial score (nSPS) is 19.9. The van der Waals surface area contributed by atoms with E-state index < -0.39 is 6.09 Å². The van der Waals surface area contributed by atoms with E-state index >= 15 is 0 Å². The van der Waals surface area contributed by atoms with Gasteiger partial charge in [0.2, 0.25) is 0 Å². The molecule has 0 spiro atoms. The molecule has 1 heterocycles. The summed E-state index contributed by atoms with van der Waals surface area (Å²) in [5.41, 5.74) is 6.76. The highest BCUT2D eigenvalue weighted by Gasteiger charge is 2.27. The van der Waals surface area contributed by atoms with Crippen LogP contribution in [0, 0.1) is 0 Å². The van der Waals surface area contributed by atoms with Crippen LogP contribution in [0.4, 0.5) is 16.2 Å². The number of phenols is 1. The second-order valence-corrected chi connectivity index (χ2v) is 4.51. The zero-order valence-corrected chi connectivity index (χ0v) is 10.2. The van der Waals surface area contributed by atoms with Crippen LogP contribution in [-0.4, -0.2) is 46.9 Å². The van der Waals surface area contributed by atoms with Crippen LogP contribution in [0.25, 0.3) is 0 Å². The maximum Gasteiger partial charge on any atom is 0.407 e. The van der Waals surface area contributed by atoms with E-state index in [-0.39, 0.29) is 11.8 Å². The van der Waals surface area contributed by atoms with Crippen LogP contribution in [-0.2, 0) is 0 Å². The summed E-state index contributed by atoms with van der Waals surface area (Å²) >= 11 is 0. The van der Waals surface area contributed by atoms with Gasteiger partial charge in [-0.1, -0.05) is 0 Å². The number of rotatable bonds is 1. The average Bonchev–Trinajstić information content (AvgIpc) is 2.32. The molecular weight excluding hydrogens is 234 g/mol. The molecule has 1 amide bonds. The van der Waals surface area contributed by atoms with E-state index in [0.29, 0.717) is 25.3 Å². The Hall–Kier alpha value is -2.11. The summed E-state index contributed by atoms with van der Waals surface area (Å²) in [7, 11) is 0. The standard InChI is InChI=1S/C12H17N3O3/c1-8-7-14(4-5-15(8)12(17)18)9-2-3-10(13)11(16)6-9/h2-3,6,8,16H,4-5,7,13H2,1H3,(H,17,18)/t8-/m0/s1. The second-order valence-electron chi connectivity index (χ2n) is 4.51. The van der Waals surface area contributed by atoms with Crippen molar-refractivity contribution in [2.75, 3.05) is 30.3 Å². The summed E-state index contributed by atoms with van der Waals surface area (Å²) in [6, 6.07) is 5.02. The highest BCUT2D eigenvalue weighted by molar-refractivity contribution is 5.67. The Balaban J connectivity index is 2.12. The van der Waals surface area contributed by atoms with E-state index in [0.717, 1.165) is 5.69 Å². The molecule has 0 aliphatic carbocycles. The number of nitrogens with two attached hydrogens (primary N) is 1. The molecule has 1 aliphatic heterocycles. The molecule has 0 unspecified atom stereocenters. The van der Waals surface area contributed by atoms with E-state index in [4.69, 9.17) is 10.8 Å². The first-order chi connectivity index (χ1) is 8.49. The molecule has 0 saturated carbocycles. The molecule has 1 aromatic rings. The molecule has 18 heavy (non-hydrogen) atoms. The Labute approximate surface area is 105 Å². The number of aromatic hydroxyl groups is 1. The Kier molecular flexibility index (Phi) is 3.18. The molecule has 1 aliphatic rings. The number of carbonyl (C=O) groups is 1. The zero-order chi connectivity index (χ0) is 13.3. The Bertz CT molecular complexity index is 464. The lowest BCUT2D eigenvalue weighted by molar-refractivity contribution is 0.122. The first kappa shape index (κ1) is 12.3. The molecule has 1 aromatic carbocycles. The average molecular weight is 251 g/mol.